The van der Waals surface area contributed by atoms with Gasteiger partial charge in [0.15, 0.2) is 5.82 Å². The number of pyridine rings is 1. The summed E-state index contributed by atoms with van der Waals surface area (Å²) in [6.07, 6.45) is 7.73. The SMILES string of the molecule is COc1cnc(NC(=O)C2CCC(CN3C(=O)c4ccc(Cl)cc4NC(=O)C3Cc3ccccn3)CC2)cn1. The number of carbonyl (C=O) groups excluding carboxylic acids is 3. The maximum atomic E-state index is 13.8. The molecular weight excluding hydrogens is 520 g/mol. The first kappa shape index (κ1) is 26.6. The monoisotopic (exact) mass is 548 g/mol. The Balaban J connectivity index is 1.28. The number of anilines is 2. The number of aromatic nitrogens is 3. The number of nitrogens with one attached hydrogen (secondary N) is 2. The molecule has 1 aliphatic heterocycles. The van der Waals surface area contributed by atoms with Gasteiger partial charge in [-0.15, -0.1) is 0 Å². The van der Waals surface area contributed by atoms with E-state index in [9.17, 15) is 14.4 Å². The first-order valence-corrected chi connectivity index (χ1v) is 13.3. The summed E-state index contributed by atoms with van der Waals surface area (Å²) in [6, 6.07) is 9.70. The lowest BCUT2D eigenvalue weighted by Crippen LogP contribution is -2.49. The van der Waals surface area contributed by atoms with Crippen molar-refractivity contribution in [2.24, 2.45) is 11.8 Å². The topological polar surface area (TPSA) is 126 Å². The van der Waals surface area contributed by atoms with Crippen molar-refractivity contribution in [1.29, 1.82) is 0 Å². The van der Waals surface area contributed by atoms with Gasteiger partial charge in [-0.05, 0) is 61.9 Å². The van der Waals surface area contributed by atoms with Gasteiger partial charge in [0.05, 0.1) is 30.8 Å². The largest absolute Gasteiger partial charge is 0.480 e. The molecule has 3 amide bonds. The van der Waals surface area contributed by atoms with Crippen LogP contribution in [0.5, 0.6) is 5.88 Å². The van der Waals surface area contributed by atoms with E-state index in [0.717, 1.165) is 18.5 Å². The third-order valence-corrected chi connectivity index (χ3v) is 7.53. The number of halogens is 1. The van der Waals surface area contributed by atoms with E-state index in [4.69, 9.17) is 16.3 Å². The summed E-state index contributed by atoms with van der Waals surface area (Å²) in [5, 5.41) is 6.16. The van der Waals surface area contributed by atoms with E-state index < -0.39 is 6.04 Å². The molecular formula is C28H29ClN6O4. The molecule has 3 aromatic rings. The van der Waals surface area contributed by atoms with Crippen molar-refractivity contribution in [2.45, 2.75) is 38.1 Å². The Labute approximate surface area is 231 Å². The molecule has 5 rings (SSSR count). The summed E-state index contributed by atoms with van der Waals surface area (Å²) in [5.74, 6) is 0.129. The number of ether oxygens (including phenoxy) is 1. The summed E-state index contributed by atoms with van der Waals surface area (Å²) in [4.78, 5) is 54.3. The van der Waals surface area contributed by atoms with Gasteiger partial charge < -0.3 is 20.3 Å². The van der Waals surface area contributed by atoms with Gasteiger partial charge in [0, 0.05) is 35.8 Å². The van der Waals surface area contributed by atoms with Crippen LogP contribution in [0.4, 0.5) is 11.5 Å². The quantitative estimate of drug-likeness (QED) is 0.457. The highest BCUT2D eigenvalue weighted by Crippen LogP contribution is 2.33. The average Bonchev–Trinajstić information content (AvgIpc) is 3.04. The Kier molecular flexibility index (Phi) is 8.02. The second kappa shape index (κ2) is 11.8. The molecule has 1 saturated carbocycles. The lowest BCUT2D eigenvalue weighted by atomic mass is 9.81. The number of carbonyl (C=O) groups is 3. The average molecular weight is 549 g/mol. The number of amides is 3. The molecule has 0 bridgehead atoms. The van der Waals surface area contributed by atoms with Crippen LogP contribution < -0.4 is 15.4 Å². The highest BCUT2D eigenvalue weighted by atomic mass is 35.5. The summed E-state index contributed by atoms with van der Waals surface area (Å²) in [7, 11) is 1.50. The van der Waals surface area contributed by atoms with Crippen LogP contribution in [-0.4, -0.2) is 57.3 Å². The summed E-state index contributed by atoms with van der Waals surface area (Å²) < 4.78 is 5.00. The maximum absolute atomic E-state index is 13.8. The number of methoxy groups -OCH3 is 1. The Hall–Kier alpha value is -4.05. The van der Waals surface area contributed by atoms with Crippen LogP contribution in [-0.2, 0) is 16.0 Å². The molecule has 1 aromatic carbocycles. The van der Waals surface area contributed by atoms with Crippen molar-refractivity contribution in [2.75, 3.05) is 24.3 Å². The van der Waals surface area contributed by atoms with Gasteiger partial charge in [0.1, 0.15) is 6.04 Å². The maximum Gasteiger partial charge on any atom is 0.256 e. The molecule has 0 radical (unpaired) electrons. The molecule has 202 valence electrons. The van der Waals surface area contributed by atoms with Gasteiger partial charge in [-0.25, -0.2) is 9.97 Å². The van der Waals surface area contributed by atoms with E-state index in [1.165, 1.54) is 19.5 Å². The second-order valence-electron chi connectivity index (χ2n) is 9.83. The Morgan fingerprint density at radius 2 is 1.92 bits per heavy atom. The lowest BCUT2D eigenvalue weighted by Gasteiger charge is -2.35. The molecule has 1 atom stereocenters. The molecule has 11 heteroatoms. The molecule has 1 unspecified atom stereocenters. The smallest absolute Gasteiger partial charge is 0.256 e. The van der Waals surface area contributed by atoms with E-state index in [1.54, 1.807) is 29.3 Å². The van der Waals surface area contributed by atoms with Crippen LogP contribution in [0.2, 0.25) is 5.02 Å². The second-order valence-corrected chi connectivity index (χ2v) is 10.3. The van der Waals surface area contributed by atoms with Crippen LogP contribution in [0.1, 0.15) is 41.7 Å². The minimum absolute atomic E-state index is 0.100. The van der Waals surface area contributed by atoms with E-state index in [-0.39, 0.29) is 29.6 Å². The third-order valence-electron chi connectivity index (χ3n) is 7.30. The number of fused-ring (bicyclic) bond motifs is 1. The van der Waals surface area contributed by atoms with Crippen LogP contribution in [0.3, 0.4) is 0 Å². The van der Waals surface area contributed by atoms with Gasteiger partial charge in [-0.2, -0.15) is 0 Å². The zero-order chi connectivity index (χ0) is 27.4. The van der Waals surface area contributed by atoms with Crippen molar-refractivity contribution in [3.8, 4) is 5.88 Å². The van der Waals surface area contributed by atoms with Crippen LogP contribution in [0.25, 0.3) is 0 Å². The Morgan fingerprint density at radius 3 is 2.62 bits per heavy atom. The summed E-state index contributed by atoms with van der Waals surface area (Å²) >= 11 is 6.16. The highest BCUT2D eigenvalue weighted by Gasteiger charge is 2.38. The summed E-state index contributed by atoms with van der Waals surface area (Å²) in [5.41, 5.74) is 1.54. The fourth-order valence-corrected chi connectivity index (χ4v) is 5.36. The molecule has 3 heterocycles. The number of rotatable bonds is 7. The number of hydrogen-bond acceptors (Lipinski definition) is 7. The normalized spacial score (nSPS) is 21.0. The van der Waals surface area contributed by atoms with Crippen molar-refractivity contribution in [1.82, 2.24) is 19.9 Å². The Morgan fingerprint density at radius 1 is 1.10 bits per heavy atom. The number of benzene rings is 1. The van der Waals surface area contributed by atoms with Gasteiger partial charge in [0.25, 0.3) is 5.91 Å². The number of nitrogens with zero attached hydrogens (tertiary/aromatic N) is 4. The first-order chi connectivity index (χ1) is 18.9. The molecule has 39 heavy (non-hydrogen) atoms. The minimum atomic E-state index is -0.728. The number of hydrogen-bond donors (Lipinski definition) is 2. The van der Waals surface area contributed by atoms with Crippen molar-refractivity contribution in [3.63, 3.8) is 0 Å². The Bertz CT molecular complexity index is 1350. The first-order valence-electron chi connectivity index (χ1n) is 12.9. The molecule has 0 saturated heterocycles. The molecule has 1 aliphatic carbocycles. The van der Waals surface area contributed by atoms with E-state index in [0.29, 0.717) is 53.8 Å². The van der Waals surface area contributed by atoms with Gasteiger partial charge in [-0.1, -0.05) is 17.7 Å². The van der Waals surface area contributed by atoms with E-state index >= 15 is 0 Å². The van der Waals surface area contributed by atoms with E-state index in [1.807, 2.05) is 18.2 Å². The molecule has 2 aromatic heterocycles. The highest BCUT2D eigenvalue weighted by molar-refractivity contribution is 6.31. The molecule has 2 N–H and O–H groups in total. The fraction of sp³-hybridized carbons (Fsp3) is 0.357. The predicted molar refractivity (Wildman–Crippen MR) is 146 cm³/mol. The fourth-order valence-electron chi connectivity index (χ4n) is 5.19. The van der Waals surface area contributed by atoms with Crippen LogP contribution >= 0.6 is 11.6 Å². The predicted octanol–water partition coefficient (Wildman–Crippen LogP) is 3.98. The van der Waals surface area contributed by atoms with Crippen molar-refractivity contribution >= 4 is 40.8 Å². The molecule has 1 fully saturated rings. The van der Waals surface area contributed by atoms with Crippen LogP contribution in [0, 0.1) is 11.8 Å². The van der Waals surface area contributed by atoms with E-state index in [2.05, 4.69) is 25.6 Å². The third kappa shape index (κ3) is 6.17. The molecule has 0 spiro atoms. The standard InChI is InChI=1S/C28H29ClN6O4/c1-39-25-15-31-24(14-32-25)34-26(36)18-7-5-17(6-8-18)16-35-23(13-20-4-2-3-11-30-20)27(37)33-22-12-19(29)9-10-21(22)28(35)38/h2-4,9-12,14-15,17-18,23H,5-8,13,16H2,1H3,(H,33,37)(H,31,34,36). The zero-order valence-corrected chi connectivity index (χ0v) is 22.2. The van der Waals surface area contributed by atoms with Gasteiger partial charge >= 0.3 is 0 Å². The zero-order valence-electron chi connectivity index (χ0n) is 21.5. The molecule has 10 nitrogen and oxygen atoms in total. The van der Waals surface area contributed by atoms with Crippen LogP contribution in [0.15, 0.2) is 55.0 Å². The lowest BCUT2D eigenvalue weighted by molar-refractivity contribution is -0.121. The van der Waals surface area contributed by atoms with Gasteiger partial charge in [0.2, 0.25) is 17.7 Å². The molecule has 2 aliphatic rings. The minimum Gasteiger partial charge on any atom is -0.480 e. The van der Waals surface area contributed by atoms with Gasteiger partial charge in [-0.3, -0.25) is 19.4 Å². The van der Waals surface area contributed by atoms with Crippen molar-refractivity contribution < 1.29 is 19.1 Å². The summed E-state index contributed by atoms with van der Waals surface area (Å²) in [6.45, 7) is 0.407. The van der Waals surface area contributed by atoms with Crippen molar-refractivity contribution in [3.05, 3.63) is 71.3 Å².